The quantitative estimate of drug-likeness (QED) is 0.659. The number of nitrogens with zero attached hydrogens (tertiary/aromatic N) is 1. The molecule has 0 bridgehead atoms. The lowest BCUT2D eigenvalue weighted by Gasteiger charge is -2.17. The number of esters is 1. The van der Waals surface area contributed by atoms with Crippen molar-refractivity contribution >= 4 is 27.8 Å². The first-order valence-corrected chi connectivity index (χ1v) is 7.90. The molecule has 22 heavy (non-hydrogen) atoms. The average Bonchev–Trinajstić information content (AvgIpc) is 2.52. The van der Waals surface area contributed by atoms with Crippen LogP contribution in [0.1, 0.15) is 24.8 Å². The van der Waals surface area contributed by atoms with Crippen molar-refractivity contribution in [2.75, 3.05) is 27.8 Å². The molecule has 1 amide bonds. The summed E-state index contributed by atoms with van der Waals surface area (Å²) in [6.45, 7) is 0.556. The summed E-state index contributed by atoms with van der Waals surface area (Å²) in [5.74, 6) is 0.593. The van der Waals surface area contributed by atoms with Crippen molar-refractivity contribution in [3.63, 3.8) is 0 Å². The maximum absolute atomic E-state index is 12.0. The molecule has 0 saturated heterocycles. The second kappa shape index (κ2) is 9.46. The Morgan fingerprint density at radius 3 is 2.55 bits per heavy atom. The summed E-state index contributed by atoms with van der Waals surface area (Å²) in [4.78, 5) is 24.7. The molecular formula is C16H22BrNO4. The number of benzene rings is 1. The van der Waals surface area contributed by atoms with Gasteiger partial charge in [0.2, 0.25) is 5.91 Å². The van der Waals surface area contributed by atoms with E-state index in [-0.39, 0.29) is 11.9 Å². The molecule has 0 radical (unpaired) electrons. The highest BCUT2D eigenvalue weighted by molar-refractivity contribution is 9.10. The van der Waals surface area contributed by atoms with E-state index in [1.807, 2.05) is 18.2 Å². The highest BCUT2D eigenvalue weighted by Crippen LogP contribution is 2.26. The molecule has 6 heteroatoms. The normalized spacial score (nSPS) is 10.2. The summed E-state index contributed by atoms with van der Waals surface area (Å²) >= 11 is 3.43. The highest BCUT2D eigenvalue weighted by Gasteiger charge is 2.10. The zero-order valence-corrected chi connectivity index (χ0v) is 14.8. The van der Waals surface area contributed by atoms with Crippen LogP contribution in [-0.2, 0) is 20.7 Å². The van der Waals surface area contributed by atoms with E-state index in [2.05, 4.69) is 20.7 Å². The second-order valence-corrected chi connectivity index (χ2v) is 5.82. The second-order valence-electron chi connectivity index (χ2n) is 4.96. The minimum absolute atomic E-state index is 0.0665. The van der Waals surface area contributed by atoms with E-state index < -0.39 is 0 Å². The number of methoxy groups -OCH3 is 2. The molecule has 0 aliphatic heterocycles. The van der Waals surface area contributed by atoms with Gasteiger partial charge >= 0.3 is 5.97 Å². The van der Waals surface area contributed by atoms with Crippen molar-refractivity contribution in [1.29, 1.82) is 0 Å². The van der Waals surface area contributed by atoms with Gasteiger partial charge in [0.15, 0.2) is 0 Å². The molecule has 0 N–H and O–H groups in total. The van der Waals surface area contributed by atoms with Gasteiger partial charge in [0.1, 0.15) is 5.75 Å². The largest absolute Gasteiger partial charge is 0.496 e. The van der Waals surface area contributed by atoms with Gasteiger partial charge in [-0.1, -0.05) is 6.07 Å². The predicted molar refractivity (Wildman–Crippen MR) is 87.9 cm³/mol. The fraction of sp³-hybridized carbons (Fsp3) is 0.500. The van der Waals surface area contributed by atoms with E-state index >= 15 is 0 Å². The number of carbonyl (C=O) groups is 2. The molecule has 0 aliphatic carbocycles. The standard InChI is InChI=1S/C16H22BrNO4/c1-18(10-4-5-16(20)22-3)15(19)9-7-12-6-8-14(21-2)13(17)11-12/h6,8,11H,4-5,7,9-10H2,1-3H3. The van der Waals surface area contributed by atoms with Crippen molar-refractivity contribution in [2.24, 2.45) is 0 Å². The number of halogens is 1. The van der Waals surface area contributed by atoms with Gasteiger partial charge in [-0.3, -0.25) is 9.59 Å². The highest BCUT2D eigenvalue weighted by atomic mass is 79.9. The van der Waals surface area contributed by atoms with Crippen LogP contribution in [0.2, 0.25) is 0 Å². The molecule has 0 unspecified atom stereocenters. The first-order valence-electron chi connectivity index (χ1n) is 7.11. The van der Waals surface area contributed by atoms with E-state index in [0.717, 1.165) is 15.8 Å². The van der Waals surface area contributed by atoms with Gasteiger partial charge in [-0.05, 0) is 46.5 Å². The molecule has 1 rings (SSSR count). The molecule has 0 spiro atoms. The zero-order valence-electron chi connectivity index (χ0n) is 13.2. The summed E-state index contributed by atoms with van der Waals surface area (Å²) in [6.07, 6.45) is 2.05. The Labute approximate surface area is 139 Å². The van der Waals surface area contributed by atoms with E-state index in [1.54, 1.807) is 19.1 Å². The van der Waals surface area contributed by atoms with Gasteiger partial charge in [0.05, 0.1) is 18.7 Å². The van der Waals surface area contributed by atoms with Gasteiger partial charge in [-0.25, -0.2) is 0 Å². The summed E-state index contributed by atoms with van der Waals surface area (Å²) < 4.78 is 10.6. The number of amides is 1. The molecule has 5 nitrogen and oxygen atoms in total. The lowest BCUT2D eigenvalue weighted by Crippen LogP contribution is -2.28. The molecule has 1 aromatic rings. The Hall–Kier alpha value is -1.56. The first-order chi connectivity index (χ1) is 10.5. The van der Waals surface area contributed by atoms with E-state index in [4.69, 9.17) is 4.74 Å². The molecule has 0 saturated carbocycles. The zero-order chi connectivity index (χ0) is 16.5. The molecule has 1 aromatic carbocycles. The summed E-state index contributed by atoms with van der Waals surface area (Å²) in [5.41, 5.74) is 1.07. The van der Waals surface area contributed by atoms with Gasteiger partial charge in [-0.2, -0.15) is 0 Å². The predicted octanol–water partition coefficient (Wildman–Crippen LogP) is 2.80. The van der Waals surface area contributed by atoms with Crippen molar-refractivity contribution in [3.8, 4) is 5.75 Å². The van der Waals surface area contributed by atoms with Crippen LogP contribution < -0.4 is 4.74 Å². The van der Waals surface area contributed by atoms with Gasteiger partial charge < -0.3 is 14.4 Å². The SMILES string of the molecule is COC(=O)CCCN(C)C(=O)CCc1ccc(OC)c(Br)c1. The molecular weight excluding hydrogens is 350 g/mol. The van der Waals surface area contributed by atoms with Crippen molar-refractivity contribution in [2.45, 2.75) is 25.7 Å². The molecule has 122 valence electrons. The number of ether oxygens (including phenoxy) is 2. The number of aryl methyl sites for hydroxylation is 1. The minimum atomic E-state index is -0.246. The monoisotopic (exact) mass is 371 g/mol. The van der Waals surface area contributed by atoms with E-state index in [0.29, 0.717) is 32.2 Å². The third kappa shape index (κ3) is 6.05. The number of hydrogen-bond donors (Lipinski definition) is 0. The minimum Gasteiger partial charge on any atom is -0.496 e. The lowest BCUT2D eigenvalue weighted by atomic mass is 10.1. The summed E-state index contributed by atoms with van der Waals surface area (Å²) in [5, 5.41) is 0. The van der Waals surface area contributed by atoms with Crippen LogP contribution in [0.4, 0.5) is 0 Å². The van der Waals surface area contributed by atoms with Crippen LogP contribution in [0.15, 0.2) is 22.7 Å². The van der Waals surface area contributed by atoms with Gasteiger partial charge in [0, 0.05) is 26.4 Å². The number of rotatable bonds is 8. The Bertz CT molecular complexity index is 519. The maximum atomic E-state index is 12.0. The van der Waals surface area contributed by atoms with E-state index in [1.165, 1.54) is 7.11 Å². The Kier molecular flexibility index (Phi) is 7.95. The Morgan fingerprint density at radius 1 is 1.23 bits per heavy atom. The Morgan fingerprint density at radius 2 is 1.95 bits per heavy atom. The van der Waals surface area contributed by atoms with Crippen LogP contribution in [0.3, 0.4) is 0 Å². The van der Waals surface area contributed by atoms with Gasteiger partial charge in [-0.15, -0.1) is 0 Å². The van der Waals surface area contributed by atoms with Crippen LogP contribution in [0.25, 0.3) is 0 Å². The number of hydrogen-bond acceptors (Lipinski definition) is 4. The van der Waals surface area contributed by atoms with E-state index in [9.17, 15) is 9.59 Å². The Balaban J connectivity index is 2.38. The molecule has 0 aromatic heterocycles. The molecule has 0 atom stereocenters. The van der Waals surface area contributed by atoms with Crippen LogP contribution in [0, 0.1) is 0 Å². The first kappa shape index (κ1) is 18.5. The topological polar surface area (TPSA) is 55.8 Å². The maximum Gasteiger partial charge on any atom is 0.305 e. The third-order valence-corrected chi connectivity index (χ3v) is 3.99. The van der Waals surface area contributed by atoms with Crippen molar-refractivity contribution in [1.82, 2.24) is 4.90 Å². The van der Waals surface area contributed by atoms with Crippen LogP contribution in [0.5, 0.6) is 5.75 Å². The van der Waals surface area contributed by atoms with Crippen molar-refractivity contribution in [3.05, 3.63) is 28.2 Å². The van der Waals surface area contributed by atoms with Crippen molar-refractivity contribution < 1.29 is 19.1 Å². The summed E-state index contributed by atoms with van der Waals surface area (Å²) in [6, 6.07) is 5.79. The smallest absolute Gasteiger partial charge is 0.305 e. The van der Waals surface area contributed by atoms with Gasteiger partial charge in [0.25, 0.3) is 0 Å². The van der Waals surface area contributed by atoms with Crippen LogP contribution >= 0.6 is 15.9 Å². The van der Waals surface area contributed by atoms with Crippen LogP contribution in [-0.4, -0.2) is 44.6 Å². The fourth-order valence-electron chi connectivity index (χ4n) is 1.99. The average molecular weight is 372 g/mol. The summed E-state index contributed by atoms with van der Waals surface area (Å²) in [7, 11) is 4.74. The fourth-order valence-corrected chi connectivity index (χ4v) is 2.58. The molecule has 0 fully saturated rings. The molecule has 0 heterocycles. The number of carbonyl (C=O) groups excluding carboxylic acids is 2. The lowest BCUT2D eigenvalue weighted by molar-refractivity contribution is -0.141. The molecule has 0 aliphatic rings. The third-order valence-electron chi connectivity index (χ3n) is 3.37.